The van der Waals surface area contributed by atoms with Gasteiger partial charge >= 0.3 is 0 Å². The van der Waals surface area contributed by atoms with E-state index in [2.05, 4.69) is 24.3 Å². The number of benzene rings is 2. The Morgan fingerprint density at radius 3 is 2.50 bits per heavy atom. The fraction of sp³-hybridized carbons (Fsp3) is 0.278. The lowest BCUT2D eigenvalue weighted by atomic mass is 9.83. The minimum absolute atomic E-state index is 0.345. The second-order valence-electron chi connectivity index (χ2n) is 5.53. The molecular formula is C18H16O2. The molecule has 2 heteroatoms. The van der Waals surface area contributed by atoms with Gasteiger partial charge in [0.2, 0.25) is 0 Å². The quantitative estimate of drug-likeness (QED) is 0.780. The number of methoxy groups -OCH3 is 1. The molecule has 0 saturated carbocycles. The van der Waals surface area contributed by atoms with Crippen molar-refractivity contribution in [2.24, 2.45) is 0 Å². The highest BCUT2D eigenvalue weighted by Crippen LogP contribution is 2.44. The molecule has 0 saturated heterocycles. The fourth-order valence-electron chi connectivity index (χ4n) is 3.66. The average molecular weight is 264 g/mol. The molecule has 2 nitrogen and oxygen atoms in total. The van der Waals surface area contributed by atoms with Crippen LogP contribution in [0.1, 0.15) is 30.4 Å². The van der Waals surface area contributed by atoms with Gasteiger partial charge in [-0.2, -0.15) is 0 Å². The summed E-state index contributed by atoms with van der Waals surface area (Å²) >= 11 is 0. The first kappa shape index (κ1) is 11.7. The maximum Gasteiger partial charge on any atom is 0.159 e. The molecular weight excluding hydrogens is 248 g/mol. The molecule has 4 rings (SSSR count). The number of allylic oxidation sites excluding steroid dienone is 2. The van der Waals surface area contributed by atoms with Gasteiger partial charge in [0.05, 0.1) is 7.11 Å². The lowest BCUT2D eigenvalue weighted by Gasteiger charge is -2.21. The van der Waals surface area contributed by atoms with Crippen LogP contribution >= 0.6 is 0 Å². The van der Waals surface area contributed by atoms with E-state index in [0.29, 0.717) is 12.2 Å². The Labute approximate surface area is 118 Å². The highest BCUT2D eigenvalue weighted by atomic mass is 16.5. The zero-order chi connectivity index (χ0) is 13.7. The lowest BCUT2D eigenvalue weighted by Crippen LogP contribution is -2.07. The lowest BCUT2D eigenvalue weighted by molar-refractivity contribution is -0.115. The van der Waals surface area contributed by atoms with Gasteiger partial charge < -0.3 is 4.74 Å². The Morgan fingerprint density at radius 1 is 0.950 bits per heavy atom. The van der Waals surface area contributed by atoms with Gasteiger partial charge in [0.25, 0.3) is 0 Å². The van der Waals surface area contributed by atoms with E-state index in [1.807, 2.05) is 6.07 Å². The van der Waals surface area contributed by atoms with E-state index in [0.717, 1.165) is 30.6 Å². The van der Waals surface area contributed by atoms with Crippen LogP contribution in [-0.2, 0) is 11.2 Å². The van der Waals surface area contributed by atoms with Crippen LogP contribution in [0.15, 0.2) is 35.9 Å². The normalized spacial score (nSPS) is 17.4. The summed E-state index contributed by atoms with van der Waals surface area (Å²) in [5.74, 6) is 1.25. The summed E-state index contributed by atoms with van der Waals surface area (Å²) in [5.41, 5.74) is 4.96. The number of Topliss-reactive ketones (excluding diaryl/α,β-unsaturated/α-hetero) is 1. The number of hydrogen-bond donors (Lipinski definition) is 0. The van der Waals surface area contributed by atoms with Gasteiger partial charge in [-0.3, -0.25) is 4.79 Å². The van der Waals surface area contributed by atoms with Crippen molar-refractivity contribution in [1.82, 2.24) is 0 Å². The summed E-state index contributed by atoms with van der Waals surface area (Å²) in [6, 6.07) is 10.5. The largest absolute Gasteiger partial charge is 0.496 e. The zero-order valence-corrected chi connectivity index (χ0v) is 11.5. The average Bonchev–Trinajstić information content (AvgIpc) is 2.88. The standard InChI is InChI=1S/C18H16O2/c1-20-18-10-16-12(11-4-2-3-5-15(11)18)6-7-14-13(16)8-9-17(14)19/h2-5,10H,6-9H2,1H3. The number of rotatable bonds is 1. The van der Waals surface area contributed by atoms with E-state index in [1.54, 1.807) is 7.11 Å². The molecule has 0 heterocycles. The molecule has 100 valence electrons. The van der Waals surface area contributed by atoms with E-state index in [9.17, 15) is 4.79 Å². The molecule has 2 aliphatic carbocycles. The summed E-state index contributed by atoms with van der Waals surface area (Å²) in [6.07, 6.45) is 3.43. The van der Waals surface area contributed by atoms with Crippen molar-refractivity contribution in [1.29, 1.82) is 0 Å². The van der Waals surface area contributed by atoms with Crippen molar-refractivity contribution < 1.29 is 9.53 Å². The zero-order valence-electron chi connectivity index (χ0n) is 11.5. The first-order chi connectivity index (χ1) is 9.79. The molecule has 0 fully saturated rings. The Morgan fingerprint density at radius 2 is 1.70 bits per heavy atom. The monoisotopic (exact) mass is 264 g/mol. The SMILES string of the molecule is COc1cc2c(c3ccccc13)CCC1=C2CCC1=O. The minimum atomic E-state index is 0.345. The molecule has 20 heavy (non-hydrogen) atoms. The van der Waals surface area contributed by atoms with Crippen molar-refractivity contribution in [2.75, 3.05) is 7.11 Å². The number of aryl methyl sites for hydroxylation is 1. The highest BCUT2D eigenvalue weighted by molar-refractivity contribution is 6.09. The molecule has 0 atom stereocenters. The van der Waals surface area contributed by atoms with Crippen LogP contribution in [-0.4, -0.2) is 12.9 Å². The second kappa shape index (κ2) is 4.20. The molecule has 0 amide bonds. The molecule has 2 aliphatic rings. The molecule has 0 unspecified atom stereocenters. The van der Waals surface area contributed by atoms with Crippen LogP contribution in [0.25, 0.3) is 16.3 Å². The molecule has 0 radical (unpaired) electrons. The van der Waals surface area contributed by atoms with E-state index in [4.69, 9.17) is 4.74 Å². The summed E-state index contributed by atoms with van der Waals surface area (Å²) < 4.78 is 5.56. The summed E-state index contributed by atoms with van der Waals surface area (Å²) in [4.78, 5) is 11.9. The maximum absolute atomic E-state index is 11.9. The van der Waals surface area contributed by atoms with Crippen molar-refractivity contribution in [3.8, 4) is 5.75 Å². The molecule has 2 aromatic rings. The third kappa shape index (κ3) is 1.48. The van der Waals surface area contributed by atoms with Crippen LogP contribution in [0.2, 0.25) is 0 Å². The van der Waals surface area contributed by atoms with E-state index in [-0.39, 0.29) is 0 Å². The smallest absolute Gasteiger partial charge is 0.159 e. The third-order valence-corrected chi connectivity index (χ3v) is 4.59. The van der Waals surface area contributed by atoms with Crippen LogP contribution in [0.3, 0.4) is 0 Å². The van der Waals surface area contributed by atoms with Gasteiger partial charge in [-0.15, -0.1) is 0 Å². The van der Waals surface area contributed by atoms with Crippen LogP contribution in [0.4, 0.5) is 0 Å². The maximum atomic E-state index is 11.9. The van der Waals surface area contributed by atoms with E-state index < -0.39 is 0 Å². The highest BCUT2D eigenvalue weighted by Gasteiger charge is 2.30. The molecule has 0 aromatic heterocycles. The topological polar surface area (TPSA) is 26.3 Å². The molecule has 2 aromatic carbocycles. The molecule has 0 spiro atoms. The number of carbonyl (C=O) groups excluding carboxylic acids is 1. The number of fused-ring (bicyclic) bond motifs is 4. The van der Waals surface area contributed by atoms with Gasteiger partial charge in [-0.05, 0) is 53.0 Å². The van der Waals surface area contributed by atoms with Crippen molar-refractivity contribution >= 4 is 22.1 Å². The predicted molar refractivity (Wildman–Crippen MR) is 80.0 cm³/mol. The van der Waals surface area contributed by atoms with Crippen molar-refractivity contribution in [3.63, 3.8) is 0 Å². The van der Waals surface area contributed by atoms with Crippen molar-refractivity contribution in [2.45, 2.75) is 25.7 Å². The van der Waals surface area contributed by atoms with Crippen LogP contribution in [0, 0.1) is 0 Å². The number of carbonyl (C=O) groups is 1. The molecule has 0 aliphatic heterocycles. The number of ketones is 1. The Hall–Kier alpha value is -2.09. The Bertz CT molecular complexity index is 768. The summed E-state index contributed by atoms with van der Waals surface area (Å²) in [5, 5.41) is 2.44. The minimum Gasteiger partial charge on any atom is -0.496 e. The second-order valence-corrected chi connectivity index (χ2v) is 5.53. The van der Waals surface area contributed by atoms with Gasteiger partial charge in [0.1, 0.15) is 5.75 Å². The Kier molecular flexibility index (Phi) is 2.46. The summed E-state index contributed by atoms with van der Waals surface area (Å²) in [6.45, 7) is 0. The first-order valence-electron chi connectivity index (χ1n) is 7.14. The van der Waals surface area contributed by atoms with Gasteiger partial charge in [-0.1, -0.05) is 24.3 Å². The predicted octanol–water partition coefficient (Wildman–Crippen LogP) is 3.91. The molecule has 0 bridgehead atoms. The van der Waals surface area contributed by atoms with Crippen LogP contribution in [0.5, 0.6) is 5.75 Å². The Balaban J connectivity index is 2.07. The van der Waals surface area contributed by atoms with Crippen LogP contribution < -0.4 is 4.74 Å². The van der Waals surface area contributed by atoms with Gasteiger partial charge in [0, 0.05) is 11.8 Å². The molecule has 0 N–H and O–H groups in total. The summed E-state index contributed by atoms with van der Waals surface area (Å²) in [7, 11) is 1.71. The van der Waals surface area contributed by atoms with Gasteiger partial charge in [-0.25, -0.2) is 0 Å². The van der Waals surface area contributed by atoms with Gasteiger partial charge in [0.15, 0.2) is 5.78 Å². The number of hydrogen-bond acceptors (Lipinski definition) is 2. The number of ether oxygens (including phenoxy) is 1. The third-order valence-electron chi connectivity index (χ3n) is 4.59. The van der Waals surface area contributed by atoms with E-state index >= 15 is 0 Å². The first-order valence-corrected chi connectivity index (χ1v) is 7.14. The van der Waals surface area contributed by atoms with Crippen molar-refractivity contribution in [3.05, 3.63) is 47.0 Å². The van der Waals surface area contributed by atoms with E-state index in [1.165, 1.54) is 27.5 Å². The fourth-order valence-corrected chi connectivity index (χ4v) is 3.66.